The number of nitrogens with zero attached hydrogens (tertiary/aromatic N) is 1. The van der Waals surface area contributed by atoms with E-state index >= 15 is 0 Å². The van der Waals surface area contributed by atoms with Gasteiger partial charge in [-0.1, -0.05) is 22.0 Å². The van der Waals surface area contributed by atoms with Crippen LogP contribution in [0.4, 0.5) is 5.69 Å². The summed E-state index contributed by atoms with van der Waals surface area (Å²) in [6.07, 6.45) is 2.01. The molecule has 1 aromatic rings. The fraction of sp³-hybridized carbons (Fsp3) is 0.300. The molecule has 1 rings (SSSR count). The predicted molar refractivity (Wildman–Crippen MR) is 67.6 cm³/mol. The normalized spacial score (nSPS) is 10.1. The third kappa shape index (κ3) is 2.82. The minimum absolute atomic E-state index is 0.0825. The molecule has 0 saturated heterocycles. The first-order valence-electron chi connectivity index (χ1n) is 4.52. The molecule has 0 radical (unpaired) electrons. The Morgan fingerprint density at radius 2 is 2.25 bits per heavy atom. The van der Waals surface area contributed by atoms with Crippen molar-refractivity contribution in [3.8, 4) is 0 Å². The summed E-state index contributed by atoms with van der Waals surface area (Å²) < 4.78 is 0. The molecule has 0 heterocycles. The number of carbonyl (C=O) groups is 1. The molecule has 0 spiro atoms. The molecular weight excluding hydrogens is 294 g/mol. The smallest absolute Gasteiger partial charge is 0.293 e. The van der Waals surface area contributed by atoms with E-state index in [2.05, 4.69) is 15.9 Å². The lowest BCUT2D eigenvalue weighted by atomic mass is 10.1. The van der Waals surface area contributed by atoms with Crippen LogP contribution in [-0.4, -0.2) is 22.3 Å². The Kier molecular flexibility index (Phi) is 4.95. The topological polar surface area (TPSA) is 60.2 Å². The van der Waals surface area contributed by atoms with Crippen molar-refractivity contribution in [1.29, 1.82) is 0 Å². The van der Waals surface area contributed by atoms with E-state index in [0.717, 1.165) is 0 Å². The molecule has 0 aliphatic carbocycles. The van der Waals surface area contributed by atoms with E-state index in [4.69, 9.17) is 0 Å². The average molecular weight is 304 g/mol. The first-order valence-corrected chi connectivity index (χ1v) is 6.87. The van der Waals surface area contributed by atoms with Crippen LogP contribution in [0.2, 0.25) is 0 Å². The van der Waals surface area contributed by atoms with Crippen molar-refractivity contribution in [3.63, 3.8) is 0 Å². The third-order valence-corrected chi connectivity index (χ3v) is 3.19. The number of halogens is 1. The highest BCUT2D eigenvalue weighted by molar-refractivity contribution is 9.09. The third-order valence-electron chi connectivity index (χ3n) is 2.02. The molecule has 0 aromatic heterocycles. The van der Waals surface area contributed by atoms with Crippen LogP contribution < -0.4 is 0 Å². The highest BCUT2D eigenvalue weighted by atomic mass is 79.9. The second-order valence-corrected chi connectivity index (χ2v) is 4.62. The van der Waals surface area contributed by atoms with Crippen molar-refractivity contribution in [1.82, 2.24) is 0 Å². The molecule has 4 nitrogen and oxygen atoms in total. The van der Waals surface area contributed by atoms with Crippen molar-refractivity contribution in [2.24, 2.45) is 0 Å². The van der Waals surface area contributed by atoms with Gasteiger partial charge in [0.1, 0.15) is 0 Å². The van der Waals surface area contributed by atoms with E-state index < -0.39 is 4.92 Å². The highest BCUT2D eigenvalue weighted by Crippen LogP contribution is 2.31. The summed E-state index contributed by atoms with van der Waals surface area (Å²) in [5.41, 5.74) is 0.109. The summed E-state index contributed by atoms with van der Waals surface area (Å²) in [5.74, 6) is -0.209. The molecular formula is C10H10BrNO3S. The Bertz CT molecular complexity index is 423. The molecule has 6 heteroatoms. The molecule has 0 fully saturated rings. The van der Waals surface area contributed by atoms with E-state index in [0.29, 0.717) is 10.2 Å². The molecule has 0 saturated carbocycles. The van der Waals surface area contributed by atoms with Gasteiger partial charge in [0.05, 0.1) is 15.4 Å². The summed E-state index contributed by atoms with van der Waals surface area (Å²) in [4.78, 5) is 22.7. The summed E-state index contributed by atoms with van der Waals surface area (Å²) >= 11 is 4.42. The Morgan fingerprint density at radius 1 is 1.56 bits per heavy atom. The van der Waals surface area contributed by atoms with Gasteiger partial charge >= 0.3 is 0 Å². The molecule has 16 heavy (non-hydrogen) atoms. The number of hydrogen-bond donors (Lipinski definition) is 0. The largest absolute Gasteiger partial charge is 0.294 e. The van der Waals surface area contributed by atoms with Gasteiger partial charge in [0, 0.05) is 11.8 Å². The van der Waals surface area contributed by atoms with Gasteiger partial charge in [-0.2, -0.15) is 0 Å². The highest BCUT2D eigenvalue weighted by Gasteiger charge is 2.23. The van der Waals surface area contributed by atoms with Gasteiger partial charge in [-0.25, -0.2) is 0 Å². The number of nitro benzene ring substituents is 1. The van der Waals surface area contributed by atoms with Crippen LogP contribution in [0.25, 0.3) is 0 Å². The van der Waals surface area contributed by atoms with Gasteiger partial charge in [-0.3, -0.25) is 14.9 Å². The molecule has 0 aliphatic heterocycles. The quantitative estimate of drug-likeness (QED) is 0.275. The number of thioether (sulfide) groups is 1. The Hall–Kier alpha value is -0.880. The van der Waals surface area contributed by atoms with Gasteiger partial charge in [-0.05, 0) is 18.4 Å². The Labute approximate surface area is 106 Å². The van der Waals surface area contributed by atoms with Crippen molar-refractivity contribution in [2.45, 2.75) is 11.3 Å². The monoisotopic (exact) mass is 303 g/mol. The van der Waals surface area contributed by atoms with Gasteiger partial charge in [0.2, 0.25) is 0 Å². The van der Waals surface area contributed by atoms with Crippen LogP contribution in [0.3, 0.4) is 0 Å². The number of para-hydroxylation sites is 1. The zero-order chi connectivity index (χ0) is 12.1. The van der Waals surface area contributed by atoms with Crippen LogP contribution in [0.1, 0.15) is 16.8 Å². The van der Waals surface area contributed by atoms with E-state index in [1.54, 1.807) is 18.4 Å². The van der Waals surface area contributed by atoms with Crippen molar-refractivity contribution < 1.29 is 9.72 Å². The second-order valence-electron chi connectivity index (χ2n) is 2.98. The van der Waals surface area contributed by atoms with E-state index in [9.17, 15) is 14.9 Å². The first kappa shape index (κ1) is 13.2. The summed E-state index contributed by atoms with van der Waals surface area (Å²) in [5, 5.41) is 11.4. The summed E-state index contributed by atoms with van der Waals surface area (Å²) in [6.45, 7) is 0. The van der Waals surface area contributed by atoms with Crippen LogP contribution in [0.5, 0.6) is 0 Å². The maximum atomic E-state index is 11.7. The Balaban J connectivity index is 3.27. The lowest BCUT2D eigenvalue weighted by Crippen LogP contribution is -2.05. The van der Waals surface area contributed by atoms with Crippen LogP contribution >= 0.6 is 27.7 Å². The van der Waals surface area contributed by atoms with E-state index in [1.165, 1.54) is 17.8 Å². The first-order chi connectivity index (χ1) is 7.61. The number of carbonyl (C=O) groups excluding carboxylic acids is 1. The maximum absolute atomic E-state index is 11.7. The maximum Gasteiger partial charge on any atom is 0.293 e. The minimum atomic E-state index is -0.493. The van der Waals surface area contributed by atoms with Crippen LogP contribution in [0, 0.1) is 10.1 Å². The molecule has 0 aliphatic rings. The number of alkyl halides is 1. The number of benzene rings is 1. The number of nitro groups is 1. The van der Waals surface area contributed by atoms with Gasteiger partial charge in [-0.15, -0.1) is 11.8 Å². The molecule has 0 atom stereocenters. The number of Topliss-reactive ketones (excluding diaryl/α,β-unsaturated/α-hetero) is 1. The zero-order valence-electron chi connectivity index (χ0n) is 8.60. The lowest BCUT2D eigenvalue weighted by Gasteiger charge is -2.04. The molecule has 0 unspecified atom stereocenters. The van der Waals surface area contributed by atoms with Crippen molar-refractivity contribution in [2.75, 3.05) is 11.6 Å². The fourth-order valence-corrected chi connectivity index (χ4v) is 2.27. The lowest BCUT2D eigenvalue weighted by molar-refractivity contribution is -0.388. The van der Waals surface area contributed by atoms with Crippen molar-refractivity contribution in [3.05, 3.63) is 33.9 Å². The molecule has 1 aromatic carbocycles. The molecule has 0 amide bonds. The summed E-state index contributed by atoms with van der Waals surface area (Å²) in [6, 6.07) is 4.82. The zero-order valence-corrected chi connectivity index (χ0v) is 11.0. The standard InChI is InChI=1S/C10H10BrNO3S/c1-16-9-4-2-3-7(8(13)5-6-11)10(9)12(14)15/h2-4H,5-6H2,1H3. The van der Waals surface area contributed by atoms with Gasteiger partial charge in [0.15, 0.2) is 5.78 Å². The fourth-order valence-electron chi connectivity index (χ4n) is 1.32. The van der Waals surface area contributed by atoms with E-state index in [-0.39, 0.29) is 23.5 Å². The second kappa shape index (κ2) is 6.00. The number of ketones is 1. The number of hydrogen-bond acceptors (Lipinski definition) is 4. The Morgan fingerprint density at radius 3 is 2.75 bits per heavy atom. The SMILES string of the molecule is CSc1cccc(C(=O)CCBr)c1[N+](=O)[O-]. The molecule has 0 N–H and O–H groups in total. The van der Waals surface area contributed by atoms with Gasteiger partial charge in [0.25, 0.3) is 5.69 Å². The number of rotatable bonds is 5. The van der Waals surface area contributed by atoms with Crippen molar-refractivity contribution >= 4 is 39.2 Å². The van der Waals surface area contributed by atoms with Gasteiger partial charge < -0.3 is 0 Å². The average Bonchev–Trinajstić information content (AvgIpc) is 2.28. The minimum Gasteiger partial charge on any atom is -0.294 e. The molecule has 0 bridgehead atoms. The molecule has 86 valence electrons. The van der Waals surface area contributed by atoms with E-state index in [1.807, 2.05) is 0 Å². The summed E-state index contributed by atoms with van der Waals surface area (Å²) in [7, 11) is 0. The predicted octanol–water partition coefficient (Wildman–Crippen LogP) is 3.28. The van der Waals surface area contributed by atoms with Crippen LogP contribution in [-0.2, 0) is 0 Å². The van der Waals surface area contributed by atoms with Crippen LogP contribution in [0.15, 0.2) is 23.1 Å².